The molecule has 4 nitrogen and oxygen atoms in total. The van der Waals surface area contributed by atoms with Crippen LogP contribution in [0.5, 0.6) is 5.75 Å². The summed E-state index contributed by atoms with van der Waals surface area (Å²) in [5.41, 5.74) is 4.92. The van der Waals surface area contributed by atoms with Crippen LogP contribution in [0.3, 0.4) is 0 Å². The highest BCUT2D eigenvalue weighted by molar-refractivity contribution is 6.32. The molecule has 0 aliphatic carbocycles. The SMILES string of the molecule is CCCOc1ccc(/C=N\NC(=O)c2c(C)ccc3ccccc23)cc1Cl. The summed E-state index contributed by atoms with van der Waals surface area (Å²) < 4.78 is 5.55. The summed E-state index contributed by atoms with van der Waals surface area (Å²) in [5.74, 6) is 0.403. The van der Waals surface area contributed by atoms with Crippen molar-refractivity contribution in [1.29, 1.82) is 0 Å². The van der Waals surface area contributed by atoms with Crippen molar-refractivity contribution in [3.05, 3.63) is 76.3 Å². The maximum atomic E-state index is 12.6. The fourth-order valence-electron chi connectivity index (χ4n) is 2.83. The second-order valence-corrected chi connectivity index (χ2v) is 6.62. The number of halogens is 1. The minimum absolute atomic E-state index is 0.241. The molecule has 3 rings (SSSR count). The van der Waals surface area contributed by atoms with E-state index in [1.807, 2.05) is 56.3 Å². The van der Waals surface area contributed by atoms with Crippen molar-refractivity contribution in [2.24, 2.45) is 5.10 Å². The second kappa shape index (κ2) is 8.69. The summed E-state index contributed by atoms with van der Waals surface area (Å²) in [7, 11) is 0. The van der Waals surface area contributed by atoms with Gasteiger partial charge in [0, 0.05) is 0 Å². The molecule has 0 atom stereocenters. The number of carbonyl (C=O) groups is 1. The molecule has 0 spiro atoms. The number of ether oxygens (including phenoxy) is 1. The van der Waals surface area contributed by atoms with Gasteiger partial charge in [-0.3, -0.25) is 4.79 Å². The van der Waals surface area contributed by atoms with Gasteiger partial charge < -0.3 is 4.74 Å². The lowest BCUT2D eigenvalue weighted by molar-refractivity contribution is 0.0956. The third-order valence-electron chi connectivity index (χ3n) is 4.16. The number of fused-ring (bicyclic) bond motifs is 1. The number of benzene rings is 3. The maximum absolute atomic E-state index is 12.6. The summed E-state index contributed by atoms with van der Waals surface area (Å²) in [6.07, 6.45) is 2.48. The molecule has 3 aromatic rings. The van der Waals surface area contributed by atoms with Gasteiger partial charge in [-0.2, -0.15) is 5.10 Å². The molecule has 3 aromatic carbocycles. The number of rotatable bonds is 6. The lowest BCUT2D eigenvalue weighted by Gasteiger charge is -2.09. The summed E-state index contributed by atoms with van der Waals surface area (Å²) in [6.45, 7) is 4.57. The standard InChI is InChI=1S/C22H21ClN2O2/c1-3-12-27-20-11-9-16(13-19(20)23)14-24-25-22(26)21-15(2)8-10-17-6-4-5-7-18(17)21/h4-11,13-14H,3,12H2,1-2H3,(H,25,26)/b24-14-. The normalized spacial score (nSPS) is 11.1. The van der Waals surface area contributed by atoms with E-state index in [1.54, 1.807) is 18.3 Å². The lowest BCUT2D eigenvalue weighted by atomic mass is 9.99. The van der Waals surface area contributed by atoms with Crippen molar-refractivity contribution in [2.75, 3.05) is 6.61 Å². The highest BCUT2D eigenvalue weighted by Gasteiger charge is 2.12. The zero-order valence-corrected chi connectivity index (χ0v) is 16.1. The van der Waals surface area contributed by atoms with Gasteiger partial charge in [-0.15, -0.1) is 0 Å². The molecule has 0 radical (unpaired) electrons. The van der Waals surface area contributed by atoms with E-state index >= 15 is 0 Å². The van der Waals surface area contributed by atoms with Gasteiger partial charge in [-0.1, -0.05) is 54.9 Å². The number of nitrogens with zero attached hydrogens (tertiary/aromatic N) is 1. The van der Waals surface area contributed by atoms with E-state index in [0.29, 0.717) is 22.9 Å². The van der Waals surface area contributed by atoms with E-state index in [9.17, 15) is 4.79 Å². The van der Waals surface area contributed by atoms with Crippen LogP contribution in [0.15, 0.2) is 59.7 Å². The summed E-state index contributed by atoms with van der Waals surface area (Å²) >= 11 is 6.21. The number of hydrazone groups is 1. The van der Waals surface area contributed by atoms with E-state index in [1.165, 1.54) is 0 Å². The van der Waals surface area contributed by atoms with E-state index < -0.39 is 0 Å². The Bertz CT molecular complexity index is 999. The summed E-state index contributed by atoms with van der Waals surface area (Å²) in [6, 6.07) is 17.2. The molecule has 5 heteroatoms. The highest BCUT2D eigenvalue weighted by Crippen LogP contribution is 2.25. The fourth-order valence-corrected chi connectivity index (χ4v) is 3.07. The van der Waals surface area contributed by atoms with Crippen LogP contribution in [0, 0.1) is 6.92 Å². The van der Waals surface area contributed by atoms with E-state index in [4.69, 9.17) is 16.3 Å². The fraction of sp³-hybridized carbons (Fsp3) is 0.182. The number of amides is 1. The van der Waals surface area contributed by atoms with Gasteiger partial charge in [0.1, 0.15) is 5.75 Å². The Labute approximate surface area is 163 Å². The average Bonchev–Trinajstić information content (AvgIpc) is 2.67. The van der Waals surface area contributed by atoms with Crippen LogP contribution in [0.1, 0.15) is 34.8 Å². The molecule has 27 heavy (non-hydrogen) atoms. The Morgan fingerprint density at radius 1 is 1.19 bits per heavy atom. The zero-order chi connectivity index (χ0) is 19.2. The molecule has 0 fully saturated rings. The molecular formula is C22H21ClN2O2. The highest BCUT2D eigenvalue weighted by atomic mass is 35.5. The molecule has 0 saturated carbocycles. The van der Waals surface area contributed by atoms with Crippen LogP contribution < -0.4 is 10.2 Å². The second-order valence-electron chi connectivity index (χ2n) is 6.22. The molecule has 0 unspecified atom stereocenters. The Morgan fingerprint density at radius 2 is 2.00 bits per heavy atom. The van der Waals surface area contributed by atoms with Crippen molar-refractivity contribution in [3.8, 4) is 5.75 Å². The van der Waals surface area contributed by atoms with Crippen molar-refractivity contribution in [2.45, 2.75) is 20.3 Å². The van der Waals surface area contributed by atoms with Crippen LogP contribution in [0.25, 0.3) is 10.8 Å². The van der Waals surface area contributed by atoms with Gasteiger partial charge >= 0.3 is 0 Å². The van der Waals surface area contributed by atoms with Crippen molar-refractivity contribution in [3.63, 3.8) is 0 Å². The van der Waals surface area contributed by atoms with Crippen molar-refractivity contribution in [1.82, 2.24) is 5.43 Å². The summed E-state index contributed by atoms with van der Waals surface area (Å²) in [5, 5.41) is 6.52. The van der Waals surface area contributed by atoms with Gasteiger partial charge in [0.25, 0.3) is 5.91 Å². The molecule has 0 heterocycles. The maximum Gasteiger partial charge on any atom is 0.272 e. The Morgan fingerprint density at radius 3 is 2.78 bits per heavy atom. The van der Waals surface area contributed by atoms with E-state index in [2.05, 4.69) is 10.5 Å². The van der Waals surface area contributed by atoms with Gasteiger partial charge in [0.05, 0.1) is 23.4 Å². The predicted octanol–water partition coefficient (Wildman–Crippen LogP) is 5.35. The summed E-state index contributed by atoms with van der Waals surface area (Å²) in [4.78, 5) is 12.6. The topological polar surface area (TPSA) is 50.7 Å². The number of hydrogen-bond acceptors (Lipinski definition) is 3. The molecule has 138 valence electrons. The first-order valence-corrected chi connectivity index (χ1v) is 9.22. The first-order chi connectivity index (χ1) is 13.1. The van der Waals surface area contributed by atoms with Crippen LogP contribution in [-0.4, -0.2) is 18.7 Å². The average molecular weight is 381 g/mol. The Hall–Kier alpha value is -2.85. The molecular weight excluding hydrogens is 360 g/mol. The van der Waals surface area contributed by atoms with Crippen molar-refractivity contribution >= 4 is 34.5 Å². The predicted molar refractivity (Wildman–Crippen MR) is 111 cm³/mol. The molecule has 1 N–H and O–H groups in total. The van der Waals surface area contributed by atoms with Crippen molar-refractivity contribution < 1.29 is 9.53 Å². The lowest BCUT2D eigenvalue weighted by Crippen LogP contribution is -2.19. The first kappa shape index (κ1) is 18.9. The molecule has 0 bridgehead atoms. The Balaban J connectivity index is 1.74. The molecule has 1 amide bonds. The Kier molecular flexibility index (Phi) is 6.09. The van der Waals surface area contributed by atoms with E-state index in [0.717, 1.165) is 28.3 Å². The number of hydrogen-bond donors (Lipinski definition) is 1. The molecule has 0 saturated heterocycles. The third-order valence-corrected chi connectivity index (χ3v) is 4.46. The smallest absolute Gasteiger partial charge is 0.272 e. The van der Waals surface area contributed by atoms with Crippen LogP contribution in [-0.2, 0) is 0 Å². The molecule has 0 aliphatic heterocycles. The number of nitrogens with one attached hydrogen (secondary N) is 1. The minimum Gasteiger partial charge on any atom is -0.492 e. The van der Waals surface area contributed by atoms with Gasteiger partial charge in [0.2, 0.25) is 0 Å². The number of aryl methyl sites for hydroxylation is 1. The third kappa shape index (κ3) is 4.47. The van der Waals surface area contributed by atoms with Crippen LogP contribution >= 0.6 is 11.6 Å². The van der Waals surface area contributed by atoms with E-state index in [-0.39, 0.29) is 5.91 Å². The quantitative estimate of drug-likeness (QED) is 0.462. The first-order valence-electron chi connectivity index (χ1n) is 8.84. The van der Waals surface area contributed by atoms with Crippen LogP contribution in [0.2, 0.25) is 5.02 Å². The molecule has 0 aliphatic rings. The monoisotopic (exact) mass is 380 g/mol. The largest absolute Gasteiger partial charge is 0.492 e. The van der Waals surface area contributed by atoms with Gasteiger partial charge in [-0.25, -0.2) is 5.43 Å². The van der Waals surface area contributed by atoms with Gasteiger partial charge in [0.15, 0.2) is 0 Å². The zero-order valence-electron chi connectivity index (χ0n) is 15.3. The van der Waals surface area contributed by atoms with Crippen LogP contribution in [0.4, 0.5) is 0 Å². The van der Waals surface area contributed by atoms with Gasteiger partial charge in [-0.05, 0) is 53.4 Å². The number of carbonyl (C=O) groups excluding carboxylic acids is 1. The molecule has 0 aromatic heterocycles. The minimum atomic E-state index is -0.241.